The minimum Gasteiger partial charge on any atom is -0.481 e. The normalized spacial score (nSPS) is 22.3. The third-order valence-electron chi connectivity index (χ3n) is 6.05. The summed E-state index contributed by atoms with van der Waals surface area (Å²) in [6.45, 7) is 3.96. The molecule has 0 unspecified atom stereocenters. The lowest BCUT2D eigenvalue weighted by Gasteiger charge is -2.25. The number of allylic oxidation sites excluding steroid dienone is 2. The molecule has 3 rings (SSSR count). The van der Waals surface area contributed by atoms with Gasteiger partial charge in [-0.05, 0) is 44.6 Å². The Balaban J connectivity index is 1.81. The largest absolute Gasteiger partial charge is 0.481 e. The highest BCUT2D eigenvalue weighted by Gasteiger charge is 2.35. The number of carboxylic acid groups (broad SMARTS) is 1. The van der Waals surface area contributed by atoms with Gasteiger partial charge >= 0.3 is 5.97 Å². The second kappa shape index (κ2) is 9.57. The second-order valence-corrected chi connectivity index (χ2v) is 9.21. The molecule has 0 aromatic carbocycles. The summed E-state index contributed by atoms with van der Waals surface area (Å²) in [5.74, 6) is -2.77. The average Bonchev–Trinajstić information content (AvgIpc) is 3.03. The highest BCUT2D eigenvalue weighted by Crippen LogP contribution is 2.35. The van der Waals surface area contributed by atoms with Crippen molar-refractivity contribution >= 4 is 34.1 Å². The molecular weight excluding hydrogens is 388 g/mol. The van der Waals surface area contributed by atoms with E-state index in [-0.39, 0.29) is 17.9 Å². The van der Waals surface area contributed by atoms with Crippen molar-refractivity contribution in [1.29, 1.82) is 0 Å². The van der Waals surface area contributed by atoms with Crippen LogP contribution in [0.15, 0.2) is 12.2 Å². The van der Waals surface area contributed by atoms with Crippen molar-refractivity contribution in [2.45, 2.75) is 71.3 Å². The molecule has 158 valence electrons. The minimum atomic E-state index is -0.957. The van der Waals surface area contributed by atoms with Crippen LogP contribution in [0.5, 0.6) is 0 Å². The highest BCUT2D eigenvalue weighted by atomic mass is 32.1. The van der Waals surface area contributed by atoms with Crippen molar-refractivity contribution in [2.75, 3.05) is 5.32 Å². The molecule has 2 amide bonds. The lowest BCUT2D eigenvalue weighted by molar-refractivity contribution is -0.146. The summed E-state index contributed by atoms with van der Waals surface area (Å²) in [5, 5.41) is 16.1. The number of carbonyl (C=O) groups is 3. The molecule has 2 aliphatic carbocycles. The van der Waals surface area contributed by atoms with Crippen molar-refractivity contribution in [3.63, 3.8) is 0 Å². The first-order valence-corrected chi connectivity index (χ1v) is 11.4. The number of rotatable bonds is 6. The zero-order valence-corrected chi connectivity index (χ0v) is 17.9. The number of thiophene rings is 1. The summed E-state index contributed by atoms with van der Waals surface area (Å²) in [4.78, 5) is 38.6. The molecule has 0 saturated heterocycles. The van der Waals surface area contributed by atoms with E-state index in [0.717, 1.165) is 36.1 Å². The molecule has 1 aromatic rings. The molecular formula is C22H30N2O4S. The predicted molar refractivity (Wildman–Crippen MR) is 114 cm³/mol. The average molecular weight is 419 g/mol. The van der Waals surface area contributed by atoms with Crippen molar-refractivity contribution in [3.05, 3.63) is 28.2 Å². The molecule has 0 aliphatic heterocycles. The van der Waals surface area contributed by atoms with Crippen LogP contribution in [0.4, 0.5) is 5.00 Å². The van der Waals surface area contributed by atoms with Crippen LogP contribution >= 0.6 is 11.3 Å². The maximum atomic E-state index is 13.1. The number of anilines is 1. The molecule has 0 spiro atoms. The van der Waals surface area contributed by atoms with Gasteiger partial charge in [0.1, 0.15) is 5.00 Å². The highest BCUT2D eigenvalue weighted by molar-refractivity contribution is 7.16. The van der Waals surface area contributed by atoms with E-state index in [2.05, 4.69) is 10.6 Å². The maximum Gasteiger partial charge on any atom is 0.307 e. The Morgan fingerprint density at radius 1 is 1.10 bits per heavy atom. The number of carbonyl (C=O) groups excluding carboxylic acids is 2. The molecule has 0 bridgehead atoms. The van der Waals surface area contributed by atoms with Crippen molar-refractivity contribution in [1.82, 2.24) is 5.32 Å². The number of hydrogen-bond acceptors (Lipinski definition) is 4. The minimum absolute atomic E-state index is 0.133. The van der Waals surface area contributed by atoms with Gasteiger partial charge in [0.25, 0.3) is 5.91 Å². The Morgan fingerprint density at radius 2 is 1.76 bits per heavy atom. The van der Waals surface area contributed by atoms with Crippen LogP contribution in [-0.4, -0.2) is 28.9 Å². The first kappa shape index (κ1) is 21.6. The van der Waals surface area contributed by atoms with E-state index in [1.54, 1.807) is 0 Å². The van der Waals surface area contributed by atoms with Gasteiger partial charge in [0.15, 0.2) is 0 Å². The van der Waals surface area contributed by atoms with E-state index in [0.29, 0.717) is 29.8 Å². The molecule has 6 nitrogen and oxygen atoms in total. The molecule has 29 heavy (non-hydrogen) atoms. The van der Waals surface area contributed by atoms with Gasteiger partial charge in [0.05, 0.1) is 17.4 Å². The van der Waals surface area contributed by atoms with Crippen LogP contribution in [-0.2, 0) is 16.0 Å². The van der Waals surface area contributed by atoms with Crippen LogP contribution in [0.2, 0.25) is 0 Å². The first-order chi connectivity index (χ1) is 13.9. The fourth-order valence-electron chi connectivity index (χ4n) is 4.42. The van der Waals surface area contributed by atoms with Gasteiger partial charge in [0, 0.05) is 10.9 Å². The molecule has 1 fully saturated rings. The van der Waals surface area contributed by atoms with Crippen molar-refractivity contribution < 1.29 is 19.5 Å². The zero-order chi connectivity index (χ0) is 21.0. The molecule has 1 aromatic heterocycles. The van der Waals surface area contributed by atoms with Crippen LogP contribution in [0.1, 0.15) is 72.7 Å². The first-order valence-electron chi connectivity index (χ1n) is 10.5. The molecule has 3 N–H and O–H groups in total. The van der Waals surface area contributed by atoms with E-state index in [9.17, 15) is 19.5 Å². The Kier molecular flexibility index (Phi) is 7.11. The number of carboxylic acids is 1. The van der Waals surface area contributed by atoms with Gasteiger partial charge in [-0.3, -0.25) is 14.4 Å². The fraction of sp³-hybridized carbons (Fsp3) is 0.591. The van der Waals surface area contributed by atoms with Gasteiger partial charge in [-0.1, -0.05) is 38.3 Å². The summed E-state index contributed by atoms with van der Waals surface area (Å²) >= 11 is 1.40. The van der Waals surface area contributed by atoms with Crippen LogP contribution in [0.3, 0.4) is 0 Å². The predicted octanol–water partition coefficient (Wildman–Crippen LogP) is 4.29. The van der Waals surface area contributed by atoms with Crippen LogP contribution < -0.4 is 10.6 Å². The molecule has 1 heterocycles. The second-order valence-electron chi connectivity index (χ2n) is 7.99. The fourth-order valence-corrected chi connectivity index (χ4v) is 5.56. The third-order valence-corrected chi connectivity index (χ3v) is 7.12. The molecule has 2 aliphatic rings. The third kappa shape index (κ3) is 4.89. The Labute approximate surface area is 175 Å². The molecule has 1 saturated carbocycles. The summed E-state index contributed by atoms with van der Waals surface area (Å²) in [6, 6.07) is 0.185. The molecule has 2 atom stereocenters. The summed E-state index contributed by atoms with van der Waals surface area (Å²) in [6.07, 6.45) is 10.6. The van der Waals surface area contributed by atoms with E-state index in [1.165, 1.54) is 17.8 Å². The Bertz CT molecular complexity index is 808. The smallest absolute Gasteiger partial charge is 0.307 e. The standard InChI is InChI=1S/C22H30N2O4S/c1-3-15-13(2)29-21(18(15)20(26)23-14-9-5-4-6-10-14)24-19(25)16-11-7-8-12-17(16)22(27)28/h7-8,14,16-17H,3-6,9-12H2,1-2H3,(H,23,26)(H,24,25)(H,27,28)/t16-,17-/m1/s1. The van der Waals surface area contributed by atoms with E-state index in [1.807, 2.05) is 26.0 Å². The summed E-state index contributed by atoms with van der Waals surface area (Å²) < 4.78 is 0. The maximum absolute atomic E-state index is 13.1. The quantitative estimate of drug-likeness (QED) is 0.601. The van der Waals surface area contributed by atoms with Gasteiger partial charge in [-0.15, -0.1) is 11.3 Å². The number of amides is 2. The van der Waals surface area contributed by atoms with Crippen LogP contribution in [0.25, 0.3) is 0 Å². The SMILES string of the molecule is CCc1c(C)sc(NC(=O)[C@@H]2CC=CC[C@H]2C(=O)O)c1C(=O)NC1CCCCC1. The monoisotopic (exact) mass is 418 g/mol. The zero-order valence-electron chi connectivity index (χ0n) is 17.1. The van der Waals surface area contributed by atoms with E-state index in [4.69, 9.17) is 0 Å². The van der Waals surface area contributed by atoms with E-state index >= 15 is 0 Å². The molecule has 0 radical (unpaired) electrons. The summed E-state index contributed by atoms with van der Waals surface area (Å²) in [7, 11) is 0. The Hall–Kier alpha value is -2.15. The number of nitrogens with one attached hydrogen (secondary N) is 2. The Morgan fingerprint density at radius 3 is 2.38 bits per heavy atom. The van der Waals surface area contributed by atoms with Gasteiger partial charge in [-0.2, -0.15) is 0 Å². The van der Waals surface area contributed by atoms with Crippen molar-refractivity contribution in [2.24, 2.45) is 11.8 Å². The van der Waals surface area contributed by atoms with Gasteiger partial charge < -0.3 is 15.7 Å². The summed E-state index contributed by atoms with van der Waals surface area (Å²) in [5.41, 5.74) is 1.50. The van der Waals surface area contributed by atoms with Crippen LogP contribution in [0, 0.1) is 18.8 Å². The van der Waals surface area contributed by atoms with Gasteiger partial charge in [0.2, 0.25) is 5.91 Å². The number of aliphatic carboxylic acids is 1. The topological polar surface area (TPSA) is 95.5 Å². The molecule has 7 heteroatoms. The number of aryl methyl sites for hydroxylation is 1. The van der Waals surface area contributed by atoms with Gasteiger partial charge in [-0.25, -0.2) is 0 Å². The number of hydrogen-bond donors (Lipinski definition) is 3. The van der Waals surface area contributed by atoms with E-state index < -0.39 is 17.8 Å². The van der Waals surface area contributed by atoms with Crippen molar-refractivity contribution in [3.8, 4) is 0 Å². The lowest BCUT2D eigenvalue weighted by Crippen LogP contribution is -2.37. The lowest BCUT2D eigenvalue weighted by atomic mass is 9.82.